The summed E-state index contributed by atoms with van der Waals surface area (Å²) in [6.45, 7) is 4.27. The van der Waals surface area contributed by atoms with Gasteiger partial charge in [-0.2, -0.15) is 0 Å². The lowest BCUT2D eigenvalue weighted by Gasteiger charge is -2.35. The molecule has 0 saturated carbocycles. The summed E-state index contributed by atoms with van der Waals surface area (Å²) in [6.07, 6.45) is 2.98. The number of aromatic nitrogens is 2. The molecule has 2 aromatic heterocycles. The summed E-state index contributed by atoms with van der Waals surface area (Å²) < 4.78 is 4.94. The molecular weight excluding hydrogens is 336 g/mol. The molecule has 2 aromatic rings. The molecule has 0 spiro atoms. The summed E-state index contributed by atoms with van der Waals surface area (Å²) in [5.74, 6) is -0.0486. The second-order valence-electron chi connectivity index (χ2n) is 5.78. The maximum Gasteiger partial charge on any atom is 0.339 e. The fourth-order valence-electron chi connectivity index (χ4n) is 2.76. The van der Waals surface area contributed by atoms with E-state index in [1.165, 1.54) is 18.5 Å². The average molecular weight is 356 g/mol. The van der Waals surface area contributed by atoms with Gasteiger partial charge in [-0.15, -0.1) is 0 Å². The van der Waals surface area contributed by atoms with Crippen LogP contribution in [0.5, 0.6) is 5.75 Å². The smallest absolute Gasteiger partial charge is 0.339 e. The van der Waals surface area contributed by atoms with E-state index in [1.807, 2.05) is 4.90 Å². The summed E-state index contributed by atoms with van der Waals surface area (Å²) in [6, 6.07) is 6.49. The van der Waals surface area contributed by atoms with Gasteiger partial charge in [-0.25, -0.2) is 14.8 Å². The molecule has 1 amide bonds. The van der Waals surface area contributed by atoms with Gasteiger partial charge in [-0.3, -0.25) is 4.79 Å². The van der Waals surface area contributed by atoms with Crippen LogP contribution in [0.1, 0.15) is 27.8 Å². The Morgan fingerprint density at radius 2 is 1.92 bits per heavy atom. The third-order valence-electron chi connectivity index (χ3n) is 4.14. The molecule has 0 bridgehead atoms. The SMILES string of the molecule is CCOC(=O)c1ccc(N2CCN(C(=O)c3ncccc3O)CC2)nc1. The van der Waals surface area contributed by atoms with Crippen molar-refractivity contribution >= 4 is 17.7 Å². The number of anilines is 1. The normalized spacial score (nSPS) is 14.2. The van der Waals surface area contributed by atoms with Crippen molar-refractivity contribution in [3.05, 3.63) is 47.9 Å². The second kappa shape index (κ2) is 7.81. The summed E-state index contributed by atoms with van der Waals surface area (Å²) in [5.41, 5.74) is 0.480. The van der Waals surface area contributed by atoms with Gasteiger partial charge in [0.1, 0.15) is 11.6 Å². The van der Waals surface area contributed by atoms with Gasteiger partial charge in [-0.05, 0) is 31.2 Å². The Morgan fingerprint density at radius 1 is 1.15 bits per heavy atom. The van der Waals surface area contributed by atoms with Crippen molar-refractivity contribution in [2.45, 2.75) is 6.92 Å². The fourth-order valence-corrected chi connectivity index (χ4v) is 2.76. The molecule has 8 heteroatoms. The van der Waals surface area contributed by atoms with E-state index >= 15 is 0 Å². The third kappa shape index (κ3) is 3.74. The molecule has 0 atom stereocenters. The number of nitrogens with zero attached hydrogens (tertiary/aromatic N) is 4. The molecule has 0 aliphatic carbocycles. The van der Waals surface area contributed by atoms with E-state index in [1.54, 1.807) is 30.0 Å². The van der Waals surface area contributed by atoms with Crippen LogP contribution in [0.4, 0.5) is 5.82 Å². The molecule has 8 nitrogen and oxygen atoms in total. The first-order valence-electron chi connectivity index (χ1n) is 8.41. The Hall–Kier alpha value is -3.16. The van der Waals surface area contributed by atoms with Crippen molar-refractivity contribution in [2.75, 3.05) is 37.7 Å². The summed E-state index contributed by atoms with van der Waals surface area (Å²) >= 11 is 0. The zero-order chi connectivity index (χ0) is 18.5. The molecule has 1 fully saturated rings. The summed E-state index contributed by atoms with van der Waals surface area (Å²) in [7, 11) is 0. The minimum absolute atomic E-state index is 0.0675. The zero-order valence-corrected chi connectivity index (χ0v) is 14.5. The fraction of sp³-hybridized carbons (Fsp3) is 0.333. The Kier molecular flexibility index (Phi) is 5.31. The monoisotopic (exact) mass is 356 g/mol. The van der Waals surface area contributed by atoms with Crippen LogP contribution in [0.15, 0.2) is 36.7 Å². The summed E-state index contributed by atoms with van der Waals surface area (Å²) in [5, 5.41) is 9.78. The Morgan fingerprint density at radius 3 is 2.54 bits per heavy atom. The molecule has 0 aromatic carbocycles. The topological polar surface area (TPSA) is 95.9 Å². The highest BCUT2D eigenvalue weighted by atomic mass is 16.5. The van der Waals surface area contributed by atoms with Crippen LogP contribution in [0.25, 0.3) is 0 Å². The maximum atomic E-state index is 12.5. The molecule has 1 saturated heterocycles. The zero-order valence-electron chi connectivity index (χ0n) is 14.5. The van der Waals surface area contributed by atoms with Crippen LogP contribution in [0, 0.1) is 0 Å². The van der Waals surface area contributed by atoms with Gasteiger partial charge >= 0.3 is 5.97 Å². The standard InChI is InChI=1S/C18H20N4O4/c1-2-26-18(25)13-5-6-15(20-12-13)21-8-10-22(11-9-21)17(24)16-14(23)4-3-7-19-16/h3-7,12,23H,2,8-11H2,1H3. The first kappa shape index (κ1) is 17.7. The van der Waals surface area contributed by atoms with E-state index in [9.17, 15) is 14.7 Å². The average Bonchev–Trinajstić information content (AvgIpc) is 2.68. The molecule has 1 aliphatic rings. The molecule has 0 radical (unpaired) electrons. The number of pyridine rings is 2. The van der Waals surface area contributed by atoms with Gasteiger partial charge in [0.2, 0.25) is 0 Å². The number of hydrogen-bond donors (Lipinski definition) is 1. The number of hydrogen-bond acceptors (Lipinski definition) is 7. The molecule has 1 aliphatic heterocycles. The van der Waals surface area contributed by atoms with Crippen molar-refractivity contribution in [2.24, 2.45) is 0 Å². The molecule has 26 heavy (non-hydrogen) atoms. The van der Waals surface area contributed by atoms with E-state index in [0.29, 0.717) is 38.3 Å². The van der Waals surface area contributed by atoms with E-state index < -0.39 is 5.97 Å². The van der Waals surface area contributed by atoms with Gasteiger partial charge in [0.05, 0.1) is 12.2 Å². The molecule has 1 N–H and O–H groups in total. The molecular formula is C18H20N4O4. The second-order valence-corrected chi connectivity index (χ2v) is 5.78. The van der Waals surface area contributed by atoms with E-state index in [-0.39, 0.29) is 17.4 Å². The number of esters is 1. The van der Waals surface area contributed by atoms with Crippen molar-refractivity contribution in [1.29, 1.82) is 0 Å². The van der Waals surface area contributed by atoms with Gasteiger partial charge in [0.25, 0.3) is 5.91 Å². The minimum atomic E-state index is -0.392. The van der Waals surface area contributed by atoms with E-state index in [0.717, 1.165) is 5.82 Å². The first-order valence-corrected chi connectivity index (χ1v) is 8.41. The largest absolute Gasteiger partial charge is 0.505 e. The quantitative estimate of drug-likeness (QED) is 0.826. The highest BCUT2D eigenvalue weighted by molar-refractivity contribution is 5.95. The van der Waals surface area contributed by atoms with Crippen LogP contribution in [0.3, 0.4) is 0 Å². The lowest BCUT2D eigenvalue weighted by molar-refractivity contribution is 0.0525. The Labute approximate surface area is 151 Å². The van der Waals surface area contributed by atoms with Crippen LogP contribution in [-0.2, 0) is 4.74 Å². The van der Waals surface area contributed by atoms with Crippen LogP contribution in [-0.4, -0.2) is 64.6 Å². The highest BCUT2D eigenvalue weighted by Gasteiger charge is 2.25. The number of amides is 1. The number of aromatic hydroxyl groups is 1. The van der Waals surface area contributed by atoms with Crippen LogP contribution in [0.2, 0.25) is 0 Å². The maximum absolute atomic E-state index is 12.5. The van der Waals surface area contributed by atoms with Crippen LogP contribution < -0.4 is 4.90 Å². The molecule has 3 rings (SSSR count). The highest BCUT2D eigenvalue weighted by Crippen LogP contribution is 2.18. The predicted molar refractivity (Wildman–Crippen MR) is 94.2 cm³/mol. The van der Waals surface area contributed by atoms with Crippen molar-refractivity contribution in [3.8, 4) is 5.75 Å². The van der Waals surface area contributed by atoms with Crippen molar-refractivity contribution in [3.63, 3.8) is 0 Å². The molecule has 136 valence electrons. The van der Waals surface area contributed by atoms with Crippen LogP contribution >= 0.6 is 0 Å². The third-order valence-corrected chi connectivity index (χ3v) is 4.14. The van der Waals surface area contributed by atoms with Crippen molar-refractivity contribution in [1.82, 2.24) is 14.9 Å². The Balaban J connectivity index is 1.61. The van der Waals surface area contributed by atoms with Crippen molar-refractivity contribution < 1.29 is 19.4 Å². The lowest BCUT2D eigenvalue weighted by atomic mass is 10.2. The minimum Gasteiger partial charge on any atom is -0.505 e. The van der Waals surface area contributed by atoms with E-state index in [4.69, 9.17) is 4.74 Å². The first-order chi connectivity index (χ1) is 12.6. The predicted octanol–water partition coefficient (Wildman–Crippen LogP) is 1.32. The van der Waals surface area contributed by atoms with Gasteiger partial charge in [-0.1, -0.05) is 0 Å². The number of carbonyl (C=O) groups excluding carboxylic acids is 2. The Bertz CT molecular complexity index is 786. The number of piperazine rings is 1. The number of rotatable bonds is 4. The van der Waals surface area contributed by atoms with Gasteiger partial charge in [0.15, 0.2) is 5.69 Å². The van der Waals surface area contributed by atoms with E-state index in [2.05, 4.69) is 9.97 Å². The van der Waals surface area contributed by atoms with Gasteiger partial charge < -0.3 is 19.6 Å². The molecule has 3 heterocycles. The molecule has 0 unspecified atom stereocenters. The number of carbonyl (C=O) groups is 2. The summed E-state index contributed by atoms with van der Waals surface area (Å²) in [4.78, 5) is 36.1. The van der Waals surface area contributed by atoms with Gasteiger partial charge in [0, 0.05) is 38.6 Å². The lowest BCUT2D eigenvalue weighted by Crippen LogP contribution is -2.49. The number of ether oxygens (including phenoxy) is 1.